The average Bonchev–Trinajstić information content (AvgIpc) is 2.96. The Balaban J connectivity index is 1.92. The quantitative estimate of drug-likeness (QED) is 0.322. The van der Waals surface area contributed by atoms with Crippen molar-refractivity contribution < 1.29 is 24.0 Å². The van der Waals surface area contributed by atoms with Crippen molar-refractivity contribution in [2.75, 3.05) is 33.2 Å². The normalized spacial score (nSPS) is 27.5. The predicted molar refractivity (Wildman–Crippen MR) is 160 cm³/mol. The number of piperidine rings is 1. The van der Waals surface area contributed by atoms with Gasteiger partial charge in [0.2, 0.25) is 23.6 Å². The van der Waals surface area contributed by atoms with Crippen LogP contribution in [0.5, 0.6) is 0 Å². The number of hydrogen-bond donors (Lipinski definition) is 5. The molecule has 232 valence electrons. The summed E-state index contributed by atoms with van der Waals surface area (Å²) in [5, 5.41) is 14.9. The lowest BCUT2D eigenvalue weighted by Gasteiger charge is -2.34. The zero-order valence-corrected chi connectivity index (χ0v) is 25.6. The van der Waals surface area contributed by atoms with Gasteiger partial charge in [-0.1, -0.05) is 51.1 Å². The third-order valence-electron chi connectivity index (χ3n) is 8.36. The fourth-order valence-corrected chi connectivity index (χ4v) is 5.29. The maximum absolute atomic E-state index is 13.9. The number of carbonyl (C=O) groups excluding carboxylic acids is 5. The van der Waals surface area contributed by atoms with Crippen LogP contribution in [0.3, 0.4) is 0 Å². The van der Waals surface area contributed by atoms with Crippen LogP contribution in [0.4, 0.5) is 0 Å². The fourth-order valence-electron chi connectivity index (χ4n) is 5.29. The van der Waals surface area contributed by atoms with Crippen LogP contribution in [0, 0.1) is 11.8 Å². The van der Waals surface area contributed by atoms with Crippen LogP contribution in [0.15, 0.2) is 30.3 Å². The first-order chi connectivity index (χ1) is 19.9. The van der Waals surface area contributed by atoms with Gasteiger partial charge in [0.1, 0.15) is 12.1 Å². The predicted octanol–water partition coefficient (Wildman–Crippen LogP) is 1.05. The number of nitrogens with one attached hydrogen (secondary N) is 5. The molecule has 0 spiro atoms. The molecule has 42 heavy (non-hydrogen) atoms. The van der Waals surface area contributed by atoms with Crippen LogP contribution in [-0.2, 0) is 24.0 Å². The molecule has 2 aliphatic rings. The van der Waals surface area contributed by atoms with E-state index in [9.17, 15) is 24.0 Å². The van der Waals surface area contributed by atoms with Gasteiger partial charge in [-0.25, -0.2) is 0 Å². The smallest absolute Gasteiger partial charge is 0.247 e. The maximum Gasteiger partial charge on any atom is 0.247 e. The lowest BCUT2D eigenvalue weighted by molar-refractivity contribution is -0.137. The topological polar surface area (TPSA) is 149 Å². The molecule has 2 heterocycles. The van der Waals surface area contributed by atoms with Crippen molar-refractivity contribution in [2.45, 2.75) is 83.5 Å². The van der Waals surface area contributed by atoms with E-state index in [4.69, 9.17) is 0 Å². The summed E-state index contributed by atoms with van der Waals surface area (Å²) in [6.07, 6.45) is 2.16. The summed E-state index contributed by atoms with van der Waals surface area (Å²) in [5.41, 5.74) is -0.718. The monoisotopic (exact) mass is 584 g/mol. The third kappa shape index (κ3) is 9.09. The van der Waals surface area contributed by atoms with Crippen LogP contribution < -0.4 is 26.6 Å². The van der Waals surface area contributed by atoms with Gasteiger partial charge in [-0.05, 0) is 58.3 Å². The molecule has 0 aromatic heterocycles. The Morgan fingerprint density at radius 2 is 1.69 bits per heavy atom. The summed E-state index contributed by atoms with van der Waals surface area (Å²) in [6, 6.07) is 7.18. The molecule has 0 bridgehead atoms. The number of hydrogen-bond acceptors (Lipinski definition) is 7. The summed E-state index contributed by atoms with van der Waals surface area (Å²) >= 11 is 0. The summed E-state index contributed by atoms with van der Waals surface area (Å²) in [4.78, 5) is 69.2. The van der Waals surface area contributed by atoms with Gasteiger partial charge in [-0.15, -0.1) is 0 Å². The lowest BCUT2D eigenvalue weighted by atomic mass is 9.85. The van der Waals surface area contributed by atoms with Crippen LogP contribution in [0.1, 0.15) is 71.4 Å². The standard InChI is InChI=1S/C31H48N6O5/c1-6-24-29(41)35-26(21-10-8-7-9-11-21)30(42)32-15-14-31(4,36-27(39)20(2)3)25(38)18-22(28(40)34-24)19-33-23-12-16-37(5)17-13-23/h7-11,20,22-24,26,33H,6,12-19H2,1-5H3,(H,32,42)(H,34,40)(H,35,41)(H,36,39)/t22-,24-,26+,31+/m0/s1. The van der Waals surface area contributed by atoms with Gasteiger partial charge in [0.25, 0.3) is 0 Å². The Hall–Kier alpha value is -3.31. The molecule has 2 aliphatic heterocycles. The van der Waals surface area contributed by atoms with Crippen molar-refractivity contribution in [3.8, 4) is 0 Å². The van der Waals surface area contributed by atoms with Crippen LogP contribution >= 0.6 is 0 Å². The molecule has 0 radical (unpaired) electrons. The highest BCUT2D eigenvalue weighted by Gasteiger charge is 2.39. The minimum absolute atomic E-state index is 0.0839. The van der Waals surface area contributed by atoms with Gasteiger partial charge < -0.3 is 31.5 Å². The second-order valence-corrected chi connectivity index (χ2v) is 12.1. The van der Waals surface area contributed by atoms with E-state index < -0.39 is 41.3 Å². The van der Waals surface area contributed by atoms with E-state index in [0.717, 1.165) is 25.9 Å². The molecule has 4 amide bonds. The molecular formula is C31H48N6O5. The molecule has 3 rings (SSSR count). The van der Waals surface area contributed by atoms with Gasteiger partial charge in [0.05, 0.1) is 11.5 Å². The number of amides is 4. The zero-order valence-electron chi connectivity index (χ0n) is 25.6. The van der Waals surface area contributed by atoms with Gasteiger partial charge in [0, 0.05) is 31.5 Å². The van der Waals surface area contributed by atoms with Crippen LogP contribution in [-0.4, -0.2) is 85.2 Å². The number of carbonyl (C=O) groups is 5. The van der Waals surface area contributed by atoms with E-state index >= 15 is 0 Å². The van der Waals surface area contributed by atoms with Crippen LogP contribution in [0.25, 0.3) is 0 Å². The molecule has 5 N–H and O–H groups in total. The number of nitrogens with zero attached hydrogens (tertiary/aromatic N) is 1. The molecule has 0 unspecified atom stereocenters. The lowest BCUT2D eigenvalue weighted by Crippen LogP contribution is -2.57. The highest BCUT2D eigenvalue weighted by molar-refractivity contribution is 5.97. The molecule has 4 atom stereocenters. The van der Waals surface area contributed by atoms with E-state index in [-0.39, 0.29) is 49.6 Å². The minimum Gasteiger partial charge on any atom is -0.354 e. The molecular weight excluding hydrogens is 536 g/mol. The molecule has 11 nitrogen and oxygen atoms in total. The number of ketones is 1. The van der Waals surface area contributed by atoms with E-state index in [1.54, 1.807) is 52.0 Å². The van der Waals surface area contributed by atoms with E-state index in [2.05, 4.69) is 38.5 Å². The Morgan fingerprint density at radius 3 is 2.31 bits per heavy atom. The van der Waals surface area contributed by atoms with E-state index in [0.29, 0.717) is 12.0 Å². The second kappa shape index (κ2) is 15.2. The fraction of sp³-hybridized carbons (Fsp3) is 0.645. The number of rotatable bonds is 7. The van der Waals surface area contributed by atoms with E-state index in [1.807, 2.05) is 6.07 Å². The Kier molecular flexibility index (Phi) is 12.0. The molecule has 11 heteroatoms. The van der Waals surface area contributed by atoms with Crippen molar-refractivity contribution in [1.29, 1.82) is 0 Å². The van der Waals surface area contributed by atoms with Gasteiger partial charge in [-0.2, -0.15) is 0 Å². The SMILES string of the molecule is CC[C@@H]1NC(=O)[C@H](CNC2CCN(C)CC2)CC(=O)[C@](C)(NC(=O)C(C)C)CCNC(=O)[C@@H](c2ccccc2)NC1=O. The largest absolute Gasteiger partial charge is 0.354 e. The number of benzene rings is 1. The first-order valence-corrected chi connectivity index (χ1v) is 15.1. The molecule has 1 aromatic carbocycles. The van der Waals surface area contributed by atoms with Crippen molar-refractivity contribution in [2.24, 2.45) is 11.8 Å². The van der Waals surface area contributed by atoms with Crippen LogP contribution in [0.2, 0.25) is 0 Å². The van der Waals surface area contributed by atoms with Crippen molar-refractivity contribution in [3.05, 3.63) is 35.9 Å². The maximum atomic E-state index is 13.9. The first kappa shape index (κ1) is 33.2. The average molecular weight is 585 g/mol. The van der Waals surface area contributed by atoms with Gasteiger partial charge >= 0.3 is 0 Å². The summed E-state index contributed by atoms with van der Waals surface area (Å²) in [5.74, 6) is -3.04. The number of Topliss-reactive ketones (excluding diaryl/α,β-unsaturated/α-hetero) is 1. The first-order valence-electron chi connectivity index (χ1n) is 15.1. The van der Waals surface area contributed by atoms with Gasteiger partial charge in [0.15, 0.2) is 5.78 Å². The zero-order chi connectivity index (χ0) is 30.9. The molecule has 2 fully saturated rings. The van der Waals surface area contributed by atoms with E-state index in [1.165, 1.54) is 0 Å². The minimum atomic E-state index is -1.31. The molecule has 2 saturated heterocycles. The third-order valence-corrected chi connectivity index (χ3v) is 8.36. The highest BCUT2D eigenvalue weighted by Crippen LogP contribution is 2.21. The Bertz CT molecular complexity index is 1100. The van der Waals surface area contributed by atoms with Crippen molar-refractivity contribution in [1.82, 2.24) is 31.5 Å². The summed E-state index contributed by atoms with van der Waals surface area (Å²) in [6.45, 7) is 9.15. The number of likely N-dealkylation sites (tertiary alicyclic amines) is 1. The molecule has 1 aromatic rings. The highest BCUT2D eigenvalue weighted by atomic mass is 16.2. The molecule has 0 saturated carbocycles. The van der Waals surface area contributed by atoms with Crippen molar-refractivity contribution in [3.63, 3.8) is 0 Å². The summed E-state index contributed by atoms with van der Waals surface area (Å²) in [7, 11) is 2.08. The Morgan fingerprint density at radius 1 is 1.02 bits per heavy atom. The summed E-state index contributed by atoms with van der Waals surface area (Å²) < 4.78 is 0. The Labute approximate surface area is 249 Å². The molecule has 0 aliphatic carbocycles. The van der Waals surface area contributed by atoms with Gasteiger partial charge in [-0.3, -0.25) is 24.0 Å². The van der Waals surface area contributed by atoms with Crippen molar-refractivity contribution >= 4 is 29.4 Å². The second-order valence-electron chi connectivity index (χ2n) is 12.1.